The van der Waals surface area contributed by atoms with Crippen molar-refractivity contribution in [3.05, 3.63) is 0 Å². The second-order valence-electron chi connectivity index (χ2n) is 7.22. The second kappa shape index (κ2) is 6.13. The van der Waals surface area contributed by atoms with E-state index in [9.17, 15) is 0 Å². The van der Waals surface area contributed by atoms with Crippen molar-refractivity contribution in [2.24, 2.45) is 11.8 Å². The second-order valence-corrected chi connectivity index (χ2v) is 7.22. The highest BCUT2D eigenvalue weighted by Gasteiger charge is 2.42. The van der Waals surface area contributed by atoms with Crippen LogP contribution in [0.1, 0.15) is 71.1 Å². The summed E-state index contributed by atoms with van der Waals surface area (Å²) in [6, 6.07) is 0.820. The first-order chi connectivity index (χ1) is 9.31. The quantitative estimate of drug-likeness (QED) is 0.754. The first-order valence-corrected chi connectivity index (χ1v) is 8.69. The number of hydrogen-bond donors (Lipinski definition) is 1. The molecule has 3 aliphatic rings. The SMILES string of the molecule is CCCNC(CCC1CCOC2(CCC2)C1)C1CC1. The molecule has 2 aliphatic carbocycles. The zero-order chi connectivity index (χ0) is 13.1. The highest BCUT2D eigenvalue weighted by molar-refractivity contribution is 4.94. The molecule has 0 radical (unpaired) electrons. The molecule has 3 fully saturated rings. The van der Waals surface area contributed by atoms with Crippen molar-refractivity contribution >= 4 is 0 Å². The highest BCUT2D eigenvalue weighted by Crippen LogP contribution is 2.45. The zero-order valence-electron chi connectivity index (χ0n) is 12.6. The van der Waals surface area contributed by atoms with Gasteiger partial charge in [-0.1, -0.05) is 6.92 Å². The van der Waals surface area contributed by atoms with E-state index in [4.69, 9.17) is 4.74 Å². The lowest BCUT2D eigenvalue weighted by Crippen LogP contribution is -2.45. The summed E-state index contributed by atoms with van der Waals surface area (Å²) < 4.78 is 6.05. The van der Waals surface area contributed by atoms with E-state index in [0.717, 1.165) is 24.5 Å². The Morgan fingerprint density at radius 1 is 1.26 bits per heavy atom. The van der Waals surface area contributed by atoms with Crippen molar-refractivity contribution in [3.8, 4) is 0 Å². The summed E-state index contributed by atoms with van der Waals surface area (Å²) in [5.41, 5.74) is 0.342. The van der Waals surface area contributed by atoms with Crippen LogP contribution in [0.25, 0.3) is 0 Å². The van der Waals surface area contributed by atoms with Crippen molar-refractivity contribution < 1.29 is 4.74 Å². The van der Waals surface area contributed by atoms with Gasteiger partial charge in [-0.05, 0) is 82.6 Å². The Balaban J connectivity index is 1.42. The largest absolute Gasteiger partial charge is 0.375 e. The molecule has 0 bridgehead atoms. The van der Waals surface area contributed by atoms with E-state index in [-0.39, 0.29) is 0 Å². The fraction of sp³-hybridized carbons (Fsp3) is 1.00. The van der Waals surface area contributed by atoms with Gasteiger partial charge in [-0.2, -0.15) is 0 Å². The van der Waals surface area contributed by atoms with Gasteiger partial charge in [0.25, 0.3) is 0 Å². The Labute approximate surface area is 118 Å². The van der Waals surface area contributed by atoms with Crippen molar-refractivity contribution in [3.63, 3.8) is 0 Å². The normalized spacial score (nSPS) is 31.1. The summed E-state index contributed by atoms with van der Waals surface area (Å²) in [5.74, 6) is 1.95. The number of rotatable bonds is 7. The Hall–Kier alpha value is -0.0800. The lowest BCUT2D eigenvalue weighted by molar-refractivity contribution is -0.144. The molecule has 0 amide bonds. The van der Waals surface area contributed by atoms with Gasteiger partial charge in [-0.15, -0.1) is 0 Å². The molecule has 2 saturated carbocycles. The third-order valence-electron chi connectivity index (χ3n) is 5.59. The molecule has 19 heavy (non-hydrogen) atoms. The van der Waals surface area contributed by atoms with Gasteiger partial charge in [-0.25, -0.2) is 0 Å². The van der Waals surface area contributed by atoms with Gasteiger partial charge >= 0.3 is 0 Å². The highest BCUT2D eigenvalue weighted by atomic mass is 16.5. The van der Waals surface area contributed by atoms with Crippen molar-refractivity contribution in [1.82, 2.24) is 5.32 Å². The van der Waals surface area contributed by atoms with Crippen LogP contribution in [-0.2, 0) is 4.74 Å². The summed E-state index contributed by atoms with van der Waals surface area (Å²) in [6.45, 7) is 4.51. The minimum atomic E-state index is 0.342. The van der Waals surface area contributed by atoms with Crippen LogP contribution >= 0.6 is 0 Å². The average Bonchev–Trinajstić information content (AvgIpc) is 3.22. The summed E-state index contributed by atoms with van der Waals surface area (Å²) in [7, 11) is 0. The van der Waals surface area contributed by atoms with Crippen LogP contribution in [0.5, 0.6) is 0 Å². The van der Waals surface area contributed by atoms with Gasteiger partial charge in [0.1, 0.15) is 0 Å². The van der Waals surface area contributed by atoms with Gasteiger partial charge in [0.15, 0.2) is 0 Å². The zero-order valence-corrected chi connectivity index (χ0v) is 12.6. The van der Waals surface area contributed by atoms with Gasteiger partial charge in [0.2, 0.25) is 0 Å². The van der Waals surface area contributed by atoms with Crippen LogP contribution in [0.15, 0.2) is 0 Å². The summed E-state index contributed by atoms with van der Waals surface area (Å²) >= 11 is 0. The molecule has 2 atom stereocenters. The van der Waals surface area contributed by atoms with E-state index < -0.39 is 0 Å². The van der Waals surface area contributed by atoms with Crippen LogP contribution in [0.3, 0.4) is 0 Å². The molecule has 0 aromatic rings. The molecular weight excluding hydrogens is 234 g/mol. The molecule has 2 nitrogen and oxygen atoms in total. The standard InChI is InChI=1S/C17H31NO/c1-2-11-18-16(15-5-6-15)7-4-14-8-12-19-17(13-14)9-3-10-17/h14-16,18H,2-13H2,1H3. The fourth-order valence-electron chi connectivity index (χ4n) is 4.04. The predicted molar refractivity (Wildman–Crippen MR) is 79.3 cm³/mol. The fourth-order valence-corrected chi connectivity index (χ4v) is 4.04. The summed E-state index contributed by atoms with van der Waals surface area (Å²) in [5, 5.41) is 3.79. The monoisotopic (exact) mass is 265 g/mol. The van der Waals surface area contributed by atoms with E-state index in [1.54, 1.807) is 0 Å². The predicted octanol–water partition coefficient (Wildman–Crippen LogP) is 3.89. The molecule has 2 heteroatoms. The van der Waals surface area contributed by atoms with Gasteiger partial charge < -0.3 is 10.1 Å². The minimum Gasteiger partial charge on any atom is -0.375 e. The topological polar surface area (TPSA) is 21.3 Å². The summed E-state index contributed by atoms with van der Waals surface area (Å²) in [6.07, 6.45) is 13.8. The lowest BCUT2D eigenvalue weighted by Gasteiger charge is -2.47. The molecule has 0 aromatic heterocycles. The smallest absolute Gasteiger partial charge is 0.0685 e. The van der Waals surface area contributed by atoms with E-state index in [0.29, 0.717) is 5.60 Å². The Morgan fingerprint density at radius 3 is 2.74 bits per heavy atom. The minimum absolute atomic E-state index is 0.342. The molecular formula is C17H31NO. The maximum atomic E-state index is 6.05. The van der Waals surface area contributed by atoms with Gasteiger partial charge in [-0.3, -0.25) is 0 Å². The van der Waals surface area contributed by atoms with Crippen LogP contribution in [0.2, 0.25) is 0 Å². The van der Waals surface area contributed by atoms with E-state index in [1.807, 2.05) is 0 Å². The Morgan fingerprint density at radius 2 is 2.11 bits per heavy atom. The molecule has 2 unspecified atom stereocenters. The molecule has 110 valence electrons. The number of ether oxygens (including phenoxy) is 1. The molecule has 1 saturated heterocycles. The number of nitrogens with one attached hydrogen (secondary N) is 1. The first kappa shape index (κ1) is 13.9. The van der Waals surface area contributed by atoms with Crippen LogP contribution in [0, 0.1) is 11.8 Å². The third-order valence-corrected chi connectivity index (χ3v) is 5.59. The van der Waals surface area contributed by atoms with Crippen molar-refractivity contribution in [1.29, 1.82) is 0 Å². The van der Waals surface area contributed by atoms with Gasteiger partial charge in [0, 0.05) is 12.6 Å². The molecule has 1 heterocycles. The molecule has 3 rings (SSSR count). The van der Waals surface area contributed by atoms with Crippen LogP contribution in [0.4, 0.5) is 0 Å². The molecule has 0 aromatic carbocycles. The third kappa shape index (κ3) is 3.52. The summed E-state index contributed by atoms with van der Waals surface area (Å²) in [4.78, 5) is 0. The average molecular weight is 265 g/mol. The van der Waals surface area contributed by atoms with E-state index >= 15 is 0 Å². The van der Waals surface area contributed by atoms with Gasteiger partial charge in [0.05, 0.1) is 5.60 Å². The van der Waals surface area contributed by atoms with Crippen LogP contribution < -0.4 is 5.32 Å². The van der Waals surface area contributed by atoms with E-state index in [2.05, 4.69) is 12.2 Å². The number of hydrogen-bond acceptors (Lipinski definition) is 2. The Bertz CT molecular complexity index is 283. The Kier molecular flexibility index (Phi) is 4.48. The van der Waals surface area contributed by atoms with Crippen LogP contribution in [-0.4, -0.2) is 24.8 Å². The van der Waals surface area contributed by atoms with Crippen molar-refractivity contribution in [2.75, 3.05) is 13.2 Å². The molecule has 1 N–H and O–H groups in total. The molecule has 1 aliphatic heterocycles. The maximum Gasteiger partial charge on any atom is 0.0685 e. The molecule has 1 spiro atoms. The lowest BCUT2D eigenvalue weighted by atomic mass is 9.71. The van der Waals surface area contributed by atoms with Crippen molar-refractivity contribution in [2.45, 2.75) is 82.8 Å². The maximum absolute atomic E-state index is 6.05. The first-order valence-electron chi connectivity index (χ1n) is 8.69. The van der Waals surface area contributed by atoms with E-state index in [1.165, 1.54) is 70.8 Å².